The highest BCUT2D eigenvalue weighted by Gasteiger charge is 2.39. The van der Waals surface area contributed by atoms with Gasteiger partial charge in [-0.3, -0.25) is 9.59 Å². The van der Waals surface area contributed by atoms with E-state index in [-0.39, 0.29) is 23.4 Å². The number of halogens is 2. The maximum atomic E-state index is 13.5. The average molecular weight is 469 g/mol. The lowest BCUT2D eigenvalue weighted by molar-refractivity contribution is -0.128. The first-order valence-electron chi connectivity index (χ1n) is 10.3. The lowest BCUT2D eigenvalue weighted by atomic mass is 10.0. The second-order valence-corrected chi connectivity index (χ2v) is 9.25. The van der Waals surface area contributed by atoms with Crippen LogP contribution in [0.5, 0.6) is 0 Å². The fourth-order valence-corrected chi connectivity index (χ4v) is 5.13. The molecule has 3 aromatic carbocycles. The Labute approximate surface area is 195 Å². The first-order valence-corrected chi connectivity index (χ1v) is 11.5. The number of thioether (sulfide) groups is 1. The van der Waals surface area contributed by atoms with Crippen LogP contribution in [-0.4, -0.2) is 17.1 Å². The summed E-state index contributed by atoms with van der Waals surface area (Å²) in [5.74, 6) is -1.33. The van der Waals surface area contributed by atoms with Gasteiger partial charge in [-0.1, -0.05) is 67.1 Å². The number of rotatable bonds is 6. The van der Waals surface area contributed by atoms with E-state index >= 15 is 0 Å². The van der Waals surface area contributed by atoms with E-state index in [0.29, 0.717) is 12.1 Å². The standard InChI is InChI=1S/C25H22ClFN2O2S/c1-16(24(30)28-14-17-7-3-2-4-8-17)23-25(31)29(21-9-5-6-10-22(21)32-23)15-18-11-12-19(27)13-20(18)26/h2-13,16,23H,14-15H2,1H3,(H,28,30)/t16-,23-/m1/s1. The monoisotopic (exact) mass is 468 g/mol. The van der Waals surface area contributed by atoms with Gasteiger partial charge in [0.15, 0.2) is 0 Å². The first-order chi connectivity index (χ1) is 15.4. The van der Waals surface area contributed by atoms with Crippen LogP contribution in [0.3, 0.4) is 0 Å². The molecule has 0 radical (unpaired) electrons. The molecule has 3 aromatic rings. The maximum absolute atomic E-state index is 13.5. The summed E-state index contributed by atoms with van der Waals surface area (Å²) in [5.41, 5.74) is 2.40. The molecule has 1 aliphatic rings. The normalized spacial score (nSPS) is 16.4. The number of amides is 2. The number of hydrogen-bond acceptors (Lipinski definition) is 3. The predicted octanol–water partition coefficient (Wildman–Crippen LogP) is 5.44. The second-order valence-electron chi connectivity index (χ2n) is 7.66. The Bertz CT molecular complexity index is 1140. The van der Waals surface area contributed by atoms with Crippen molar-refractivity contribution in [1.29, 1.82) is 0 Å². The molecular formula is C25H22ClFN2O2S. The number of carbonyl (C=O) groups excluding carboxylic acids is 2. The third kappa shape index (κ3) is 4.81. The van der Waals surface area contributed by atoms with Crippen LogP contribution in [0.25, 0.3) is 0 Å². The molecule has 0 unspecified atom stereocenters. The quantitative estimate of drug-likeness (QED) is 0.524. The lowest BCUT2D eigenvalue weighted by Gasteiger charge is -2.36. The largest absolute Gasteiger partial charge is 0.352 e. The Hall–Kier alpha value is -2.83. The molecular weight excluding hydrogens is 447 g/mol. The van der Waals surface area contributed by atoms with Crippen molar-refractivity contribution in [3.05, 3.63) is 94.8 Å². The fourth-order valence-electron chi connectivity index (χ4n) is 3.62. The summed E-state index contributed by atoms with van der Waals surface area (Å²) in [6.45, 7) is 2.37. The van der Waals surface area contributed by atoms with E-state index in [1.165, 1.54) is 23.9 Å². The van der Waals surface area contributed by atoms with Gasteiger partial charge in [0.2, 0.25) is 11.8 Å². The minimum Gasteiger partial charge on any atom is -0.352 e. The van der Waals surface area contributed by atoms with Crippen molar-refractivity contribution in [3.63, 3.8) is 0 Å². The molecule has 164 valence electrons. The van der Waals surface area contributed by atoms with Gasteiger partial charge in [0, 0.05) is 16.5 Å². The number of hydrogen-bond donors (Lipinski definition) is 1. The summed E-state index contributed by atoms with van der Waals surface area (Å²) >= 11 is 7.62. The zero-order chi connectivity index (χ0) is 22.7. The number of para-hydroxylation sites is 1. The van der Waals surface area contributed by atoms with Crippen LogP contribution >= 0.6 is 23.4 Å². The van der Waals surface area contributed by atoms with Gasteiger partial charge in [-0.05, 0) is 35.4 Å². The van der Waals surface area contributed by atoms with Gasteiger partial charge < -0.3 is 10.2 Å². The number of nitrogens with zero attached hydrogens (tertiary/aromatic N) is 1. The molecule has 32 heavy (non-hydrogen) atoms. The number of fused-ring (bicyclic) bond motifs is 1. The van der Waals surface area contributed by atoms with Crippen LogP contribution in [0, 0.1) is 11.7 Å². The summed E-state index contributed by atoms with van der Waals surface area (Å²) in [5, 5.41) is 2.61. The number of carbonyl (C=O) groups is 2. The molecule has 0 aromatic heterocycles. The van der Waals surface area contributed by atoms with Crippen LogP contribution in [-0.2, 0) is 22.7 Å². The average Bonchev–Trinajstić information content (AvgIpc) is 2.80. The molecule has 2 amide bonds. The van der Waals surface area contributed by atoms with E-state index in [4.69, 9.17) is 11.6 Å². The Morgan fingerprint density at radius 2 is 1.84 bits per heavy atom. The summed E-state index contributed by atoms with van der Waals surface area (Å²) in [4.78, 5) is 28.9. The summed E-state index contributed by atoms with van der Waals surface area (Å²) < 4.78 is 13.5. The van der Waals surface area contributed by atoms with Crippen LogP contribution in [0.2, 0.25) is 5.02 Å². The van der Waals surface area contributed by atoms with Crippen LogP contribution in [0.4, 0.5) is 10.1 Å². The zero-order valence-corrected chi connectivity index (χ0v) is 19.0. The predicted molar refractivity (Wildman–Crippen MR) is 126 cm³/mol. The van der Waals surface area contributed by atoms with Gasteiger partial charge >= 0.3 is 0 Å². The van der Waals surface area contributed by atoms with Crippen molar-refractivity contribution in [3.8, 4) is 0 Å². The third-order valence-corrected chi connectivity index (χ3v) is 7.26. The van der Waals surface area contributed by atoms with Gasteiger partial charge in [-0.15, -0.1) is 11.8 Å². The van der Waals surface area contributed by atoms with Crippen LogP contribution < -0.4 is 10.2 Å². The molecule has 0 bridgehead atoms. The molecule has 0 saturated carbocycles. The topological polar surface area (TPSA) is 49.4 Å². The molecule has 1 N–H and O–H groups in total. The second kappa shape index (κ2) is 9.76. The molecule has 2 atom stereocenters. The highest BCUT2D eigenvalue weighted by Crippen LogP contribution is 2.42. The molecule has 0 fully saturated rings. The maximum Gasteiger partial charge on any atom is 0.241 e. The highest BCUT2D eigenvalue weighted by atomic mass is 35.5. The SMILES string of the molecule is C[C@@H](C(=O)NCc1ccccc1)[C@H]1Sc2ccccc2N(Cc2ccc(F)cc2Cl)C1=O. The van der Waals surface area contributed by atoms with Crippen LogP contribution in [0.15, 0.2) is 77.7 Å². The van der Waals surface area contributed by atoms with Gasteiger partial charge in [0.1, 0.15) is 11.1 Å². The Morgan fingerprint density at radius 3 is 2.59 bits per heavy atom. The van der Waals surface area contributed by atoms with E-state index in [1.807, 2.05) is 54.6 Å². The number of benzene rings is 3. The lowest BCUT2D eigenvalue weighted by Crippen LogP contribution is -2.47. The molecule has 4 rings (SSSR count). The molecule has 1 heterocycles. The molecule has 7 heteroatoms. The zero-order valence-electron chi connectivity index (χ0n) is 17.4. The Kier molecular flexibility index (Phi) is 6.82. The smallest absolute Gasteiger partial charge is 0.241 e. The van der Waals surface area contributed by atoms with Gasteiger partial charge in [-0.2, -0.15) is 0 Å². The van der Waals surface area contributed by atoms with E-state index < -0.39 is 17.0 Å². The van der Waals surface area contributed by atoms with Crippen LogP contribution in [0.1, 0.15) is 18.1 Å². The molecule has 1 aliphatic heterocycles. The van der Waals surface area contributed by atoms with Gasteiger partial charge in [0.05, 0.1) is 18.2 Å². The Balaban J connectivity index is 1.55. The van der Waals surface area contributed by atoms with Gasteiger partial charge in [-0.25, -0.2) is 4.39 Å². The van der Waals surface area contributed by atoms with Crippen molar-refractivity contribution in [2.75, 3.05) is 4.90 Å². The minimum absolute atomic E-state index is 0.170. The third-order valence-electron chi connectivity index (χ3n) is 5.44. The Morgan fingerprint density at radius 1 is 1.12 bits per heavy atom. The van der Waals surface area contributed by atoms with Crippen molar-refractivity contribution in [2.24, 2.45) is 5.92 Å². The summed E-state index contributed by atoms with van der Waals surface area (Å²) in [7, 11) is 0. The van der Waals surface area contributed by atoms with Crippen molar-refractivity contribution in [1.82, 2.24) is 5.32 Å². The number of anilines is 1. The van der Waals surface area contributed by atoms with E-state index in [0.717, 1.165) is 16.1 Å². The van der Waals surface area contributed by atoms with Crippen molar-refractivity contribution < 1.29 is 14.0 Å². The molecule has 4 nitrogen and oxygen atoms in total. The first kappa shape index (κ1) is 22.4. The molecule has 0 aliphatic carbocycles. The minimum atomic E-state index is -0.583. The van der Waals surface area contributed by atoms with E-state index in [9.17, 15) is 14.0 Å². The van der Waals surface area contributed by atoms with Crippen molar-refractivity contribution >= 4 is 40.9 Å². The highest BCUT2D eigenvalue weighted by molar-refractivity contribution is 8.01. The summed E-state index contributed by atoms with van der Waals surface area (Å²) in [6.07, 6.45) is 0. The summed E-state index contributed by atoms with van der Waals surface area (Å²) in [6, 6.07) is 21.4. The molecule has 0 saturated heterocycles. The van der Waals surface area contributed by atoms with Crippen molar-refractivity contribution in [2.45, 2.75) is 30.2 Å². The van der Waals surface area contributed by atoms with E-state index in [1.54, 1.807) is 17.9 Å². The van der Waals surface area contributed by atoms with Gasteiger partial charge in [0.25, 0.3) is 0 Å². The fraction of sp³-hybridized carbons (Fsp3) is 0.200. The van der Waals surface area contributed by atoms with E-state index in [2.05, 4.69) is 5.32 Å². The number of nitrogens with one attached hydrogen (secondary N) is 1. The molecule has 0 spiro atoms.